The van der Waals surface area contributed by atoms with Crippen molar-refractivity contribution in [3.05, 3.63) is 35.8 Å². The quantitative estimate of drug-likeness (QED) is 0.765. The van der Waals surface area contributed by atoms with E-state index in [4.69, 9.17) is 9.15 Å². The molecule has 0 spiro atoms. The Morgan fingerprint density at radius 3 is 2.94 bits per heavy atom. The molecule has 1 atom stereocenters. The van der Waals surface area contributed by atoms with Crippen molar-refractivity contribution in [2.45, 2.75) is 25.4 Å². The molecule has 1 unspecified atom stereocenters. The average Bonchev–Trinajstić information content (AvgIpc) is 2.81. The number of benzene rings is 1. The van der Waals surface area contributed by atoms with Crippen LogP contribution in [0.25, 0.3) is 11.0 Å². The van der Waals surface area contributed by atoms with Gasteiger partial charge in [-0.05, 0) is 43.5 Å². The minimum Gasteiger partial charge on any atom is -0.453 e. The van der Waals surface area contributed by atoms with Crippen LogP contribution in [0.1, 0.15) is 29.8 Å². The van der Waals surface area contributed by atoms with E-state index in [1.165, 1.54) is 18.2 Å². The van der Waals surface area contributed by atoms with E-state index in [0.29, 0.717) is 17.6 Å². The second kappa shape index (κ2) is 4.53. The van der Waals surface area contributed by atoms with Crippen LogP contribution in [0, 0.1) is 5.82 Å². The number of hydrogen-bond donors (Lipinski definition) is 0. The lowest BCUT2D eigenvalue weighted by Gasteiger charge is -2.20. The Morgan fingerprint density at radius 1 is 1.28 bits per heavy atom. The van der Waals surface area contributed by atoms with Gasteiger partial charge in [0.2, 0.25) is 5.78 Å². The zero-order valence-corrected chi connectivity index (χ0v) is 9.82. The van der Waals surface area contributed by atoms with Crippen molar-refractivity contribution in [3.63, 3.8) is 0 Å². The normalized spacial score (nSPS) is 20.2. The summed E-state index contributed by atoms with van der Waals surface area (Å²) in [6, 6.07) is 5.79. The first-order chi connectivity index (χ1) is 8.74. The summed E-state index contributed by atoms with van der Waals surface area (Å²) in [6.45, 7) is 0.616. The van der Waals surface area contributed by atoms with Gasteiger partial charge in [0.05, 0.1) is 0 Å². The fraction of sp³-hybridized carbons (Fsp3) is 0.357. The molecule has 1 fully saturated rings. The fourth-order valence-corrected chi connectivity index (χ4v) is 2.24. The Kier molecular flexibility index (Phi) is 2.88. The van der Waals surface area contributed by atoms with Gasteiger partial charge in [0.1, 0.15) is 17.5 Å². The molecule has 0 saturated carbocycles. The first kappa shape index (κ1) is 11.4. The molecule has 1 aliphatic heterocycles. The Bertz CT molecular complexity index is 582. The van der Waals surface area contributed by atoms with E-state index in [9.17, 15) is 9.18 Å². The van der Waals surface area contributed by atoms with Gasteiger partial charge in [-0.25, -0.2) is 4.39 Å². The number of fused-ring (bicyclic) bond motifs is 1. The maximum atomic E-state index is 13.1. The van der Waals surface area contributed by atoms with Crippen molar-refractivity contribution in [2.75, 3.05) is 6.61 Å². The van der Waals surface area contributed by atoms with Crippen molar-refractivity contribution < 1.29 is 18.3 Å². The molecule has 1 aromatic carbocycles. The predicted molar refractivity (Wildman–Crippen MR) is 64.1 cm³/mol. The van der Waals surface area contributed by atoms with Crippen LogP contribution in [0.5, 0.6) is 0 Å². The predicted octanol–water partition coefficient (Wildman–Crippen LogP) is 3.32. The van der Waals surface area contributed by atoms with E-state index in [1.807, 2.05) is 0 Å². The number of carbonyl (C=O) groups is 1. The van der Waals surface area contributed by atoms with Crippen LogP contribution >= 0.6 is 0 Å². The van der Waals surface area contributed by atoms with E-state index < -0.39 is 6.10 Å². The number of Topliss-reactive ketones (excluding diaryl/α,β-unsaturated/α-hetero) is 1. The third-order valence-electron chi connectivity index (χ3n) is 3.19. The molecule has 1 aliphatic rings. The van der Waals surface area contributed by atoms with E-state index in [1.54, 1.807) is 6.07 Å². The molecule has 0 amide bonds. The van der Waals surface area contributed by atoms with E-state index in [2.05, 4.69) is 0 Å². The highest BCUT2D eigenvalue weighted by Gasteiger charge is 2.26. The van der Waals surface area contributed by atoms with E-state index in [-0.39, 0.29) is 17.4 Å². The van der Waals surface area contributed by atoms with E-state index in [0.717, 1.165) is 19.3 Å². The third-order valence-corrected chi connectivity index (χ3v) is 3.19. The summed E-state index contributed by atoms with van der Waals surface area (Å²) < 4.78 is 23.9. The van der Waals surface area contributed by atoms with Gasteiger partial charge < -0.3 is 9.15 Å². The Morgan fingerprint density at radius 2 is 2.17 bits per heavy atom. The van der Waals surface area contributed by atoms with Gasteiger partial charge in [0.25, 0.3) is 0 Å². The molecule has 1 aromatic heterocycles. The monoisotopic (exact) mass is 248 g/mol. The topological polar surface area (TPSA) is 39.4 Å². The molecule has 94 valence electrons. The molecular formula is C14H13FO3. The zero-order valence-electron chi connectivity index (χ0n) is 9.82. The van der Waals surface area contributed by atoms with Crippen LogP contribution in [0.2, 0.25) is 0 Å². The average molecular weight is 248 g/mol. The molecule has 2 aromatic rings. The van der Waals surface area contributed by atoms with Gasteiger partial charge in [0.15, 0.2) is 5.76 Å². The second-order valence-electron chi connectivity index (χ2n) is 4.51. The van der Waals surface area contributed by atoms with Crippen molar-refractivity contribution in [1.82, 2.24) is 0 Å². The summed E-state index contributed by atoms with van der Waals surface area (Å²) in [4.78, 5) is 12.1. The number of carbonyl (C=O) groups excluding carboxylic acids is 1. The number of furan rings is 1. The van der Waals surface area contributed by atoms with Crippen molar-refractivity contribution in [3.8, 4) is 0 Å². The second-order valence-corrected chi connectivity index (χ2v) is 4.51. The molecular weight excluding hydrogens is 235 g/mol. The summed E-state index contributed by atoms with van der Waals surface area (Å²) in [5.41, 5.74) is 0.524. The van der Waals surface area contributed by atoms with Crippen LogP contribution in [0.4, 0.5) is 4.39 Å². The lowest BCUT2D eigenvalue weighted by Crippen LogP contribution is -2.27. The molecule has 1 saturated heterocycles. The Balaban J connectivity index is 1.91. The molecule has 18 heavy (non-hydrogen) atoms. The minimum atomic E-state index is -0.413. The highest BCUT2D eigenvalue weighted by atomic mass is 19.1. The molecule has 0 bridgehead atoms. The molecule has 0 N–H and O–H groups in total. The maximum absolute atomic E-state index is 13.1. The molecule has 3 rings (SSSR count). The largest absolute Gasteiger partial charge is 0.453 e. The van der Waals surface area contributed by atoms with Gasteiger partial charge in [0, 0.05) is 12.0 Å². The standard InChI is InChI=1S/C14H13FO3/c15-10-4-5-11-9(7-10)8-13(18-11)14(16)12-3-1-2-6-17-12/h4-5,7-8,12H,1-3,6H2. The SMILES string of the molecule is O=C(c1cc2cc(F)ccc2o1)C1CCCCO1. The minimum absolute atomic E-state index is 0.147. The van der Waals surface area contributed by atoms with Crippen LogP contribution in [-0.4, -0.2) is 18.5 Å². The van der Waals surface area contributed by atoms with Gasteiger partial charge in [-0.2, -0.15) is 0 Å². The smallest absolute Gasteiger partial charge is 0.226 e. The zero-order chi connectivity index (χ0) is 12.5. The van der Waals surface area contributed by atoms with Crippen LogP contribution in [0.15, 0.2) is 28.7 Å². The van der Waals surface area contributed by atoms with Crippen LogP contribution in [-0.2, 0) is 4.74 Å². The van der Waals surface area contributed by atoms with Gasteiger partial charge in [-0.15, -0.1) is 0 Å². The van der Waals surface area contributed by atoms with Gasteiger partial charge >= 0.3 is 0 Å². The van der Waals surface area contributed by atoms with Crippen molar-refractivity contribution >= 4 is 16.8 Å². The van der Waals surface area contributed by atoms with Crippen LogP contribution < -0.4 is 0 Å². The summed E-state index contributed by atoms with van der Waals surface area (Å²) in [6.07, 6.45) is 2.30. The Labute approximate surface area is 104 Å². The first-order valence-corrected chi connectivity index (χ1v) is 6.09. The van der Waals surface area contributed by atoms with E-state index >= 15 is 0 Å². The number of ketones is 1. The molecule has 0 radical (unpaired) electrons. The fourth-order valence-electron chi connectivity index (χ4n) is 2.24. The highest BCUT2D eigenvalue weighted by Crippen LogP contribution is 2.24. The number of halogens is 1. The number of rotatable bonds is 2. The van der Waals surface area contributed by atoms with Gasteiger partial charge in [-0.3, -0.25) is 4.79 Å². The molecule has 3 nitrogen and oxygen atoms in total. The highest BCUT2D eigenvalue weighted by molar-refractivity contribution is 6.00. The summed E-state index contributed by atoms with van der Waals surface area (Å²) in [5, 5.41) is 0.606. The lowest BCUT2D eigenvalue weighted by molar-refractivity contribution is 0.0169. The summed E-state index contributed by atoms with van der Waals surface area (Å²) in [7, 11) is 0. The summed E-state index contributed by atoms with van der Waals surface area (Å²) in [5.74, 6) is -0.231. The van der Waals surface area contributed by atoms with Crippen molar-refractivity contribution in [2.24, 2.45) is 0 Å². The third kappa shape index (κ3) is 2.04. The molecule has 0 aliphatic carbocycles. The van der Waals surface area contributed by atoms with Crippen molar-refractivity contribution in [1.29, 1.82) is 0 Å². The molecule has 2 heterocycles. The summed E-state index contributed by atoms with van der Waals surface area (Å²) >= 11 is 0. The number of hydrogen-bond acceptors (Lipinski definition) is 3. The Hall–Kier alpha value is -1.68. The number of ether oxygens (including phenoxy) is 1. The van der Waals surface area contributed by atoms with Gasteiger partial charge in [-0.1, -0.05) is 0 Å². The van der Waals surface area contributed by atoms with Crippen LogP contribution in [0.3, 0.4) is 0 Å². The maximum Gasteiger partial charge on any atom is 0.226 e. The lowest BCUT2D eigenvalue weighted by atomic mass is 10.0. The first-order valence-electron chi connectivity index (χ1n) is 6.09. The molecule has 4 heteroatoms.